The van der Waals surface area contributed by atoms with Crippen molar-refractivity contribution in [1.29, 1.82) is 0 Å². The van der Waals surface area contributed by atoms with Gasteiger partial charge in [0.2, 0.25) is 0 Å². The predicted molar refractivity (Wildman–Crippen MR) is 202 cm³/mol. The highest BCUT2D eigenvalue weighted by Crippen LogP contribution is 2.36. The highest BCUT2D eigenvalue weighted by Gasteiger charge is 2.21. The molecule has 0 N–H and O–H groups in total. The molecule has 1 saturated heterocycles. The fraction of sp³-hybridized carbons (Fsp3) is 0.537. The summed E-state index contributed by atoms with van der Waals surface area (Å²) in [4.78, 5) is 16.3. The number of benzene rings is 3. The summed E-state index contributed by atoms with van der Waals surface area (Å²) in [7, 11) is 1.64. The quantitative estimate of drug-likeness (QED) is 0.226. The van der Waals surface area contributed by atoms with Crippen LogP contribution in [0.15, 0.2) is 54.6 Å². The van der Waals surface area contributed by atoms with Gasteiger partial charge in [0.15, 0.2) is 0 Å². The van der Waals surface area contributed by atoms with Crippen molar-refractivity contribution >= 4 is 17.7 Å². The van der Waals surface area contributed by atoms with Crippen molar-refractivity contribution in [3.05, 3.63) is 76.9 Å². The minimum absolute atomic E-state index is 0.0134. The predicted octanol–water partition coefficient (Wildman–Crippen LogP) is 5.87. The van der Waals surface area contributed by atoms with Crippen LogP contribution in [0.2, 0.25) is 0 Å². The van der Waals surface area contributed by atoms with Gasteiger partial charge in [-0.1, -0.05) is 24.3 Å². The number of aryl methyl sites for hydroxylation is 2. The second kappa shape index (κ2) is 21.6. The molecule has 3 aromatic carbocycles. The Morgan fingerprint density at radius 3 is 1.83 bits per heavy atom. The highest BCUT2D eigenvalue weighted by molar-refractivity contribution is 5.76. The molecular weight excluding hydrogens is 664 g/mol. The SMILES string of the molecule is COCCOc1cc(C=O)ccc1C1CCOc2cc(C)ccc2N2CCOCCOCCN(CCOCCOCC2)c2cc(C)ccc2OCC1. The average molecular weight is 721 g/mol. The lowest BCUT2D eigenvalue weighted by atomic mass is 9.91. The van der Waals surface area contributed by atoms with Crippen molar-refractivity contribution in [3.63, 3.8) is 0 Å². The van der Waals surface area contributed by atoms with Gasteiger partial charge < -0.3 is 47.7 Å². The zero-order chi connectivity index (χ0) is 36.4. The van der Waals surface area contributed by atoms with Gasteiger partial charge in [-0.15, -0.1) is 0 Å². The molecule has 284 valence electrons. The van der Waals surface area contributed by atoms with Crippen LogP contribution in [0.1, 0.15) is 45.8 Å². The normalized spacial score (nSPS) is 19.0. The molecule has 52 heavy (non-hydrogen) atoms. The molecule has 0 spiro atoms. The largest absolute Gasteiger partial charge is 0.491 e. The third-order valence-corrected chi connectivity index (χ3v) is 9.28. The van der Waals surface area contributed by atoms with Crippen LogP contribution in [0.5, 0.6) is 17.2 Å². The maximum absolute atomic E-state index is 11.8. The maximum atomic E-state index is 11.8. The van der Waals surface area contributed by atoms with Crippen molar-refractivity contribution in [3.8, 4) is 17.2 Å². The summed E-state index contributed by atoms with van der Waals surface area (Å²) < 4.78 is 48.9. The average Bonchev–Trinajstić information content (AvgIpc) is 3.15. The Bertz CT molecular complexity index is 1500. The third kappa shape index (κ3) is 12.1. The molecule has 1 unspecified atom stereocenters. The van der Waals surface area contributed by atoms with Crippen LogP contribution in [-0.2, 0) is 23.7 Å². The molecule has 0 aromatic heterocycles. The molecule has 0 saturated carbocycles. The van der Waals surface area contributed by atoms with Gasteiger partial charge in [0.25, 0.3) is 0 Å². The first kappa shape index (κ1) is 39.3. The summed E-state index contributed by atoms with van der Waals surface area (Å²) in [5, 5.41) is 0. The minimum Gasteiger partial charge on any atom is -0.491 e. The summed E-state index contributed by atoms with van der Waals surface area (Å²) >= 11 is 0. The smallest absolute Gasteiger partial charge is 0.150 e. The molecule has 3 aliphatic heterocycles. The minimum atomic E-state index is 0.0134. The lowest BCUT2D eigenvalue weighted by Gasteiger charge is -2.28. The molecule has 2 bridgehead atoms. The first-order valence-electron chi connectivity index (χ1n) is 18.5. The number of nitrogens with zero attached hydrogens (tertiary/aromatic N) is 2. The van der Waals surface area contributed by atoms with Gasteiger partial charge >= 0.3 is 0 Å². The van der Waals surface area contributed by atoms with Gasteiger partial charge in [-0.2, -0.15) is 0 Å². The van der Waals surface area contributed by atoms with Crippen LogP contribution in [0.3, 0.4) is 0 Å². The number of fused-ring (bicyclic) bond motifs is 20. The number of methoxy groups -OCH3 is 1. The van der Waals surface area contributed by atoms with E-state index in [1.807, 2.05) is 24.3 Å². The van der Waals surface area contributed by atoms with E-state index < -0.39 is 0 Å². The molecule has 3 heterocycles. The van der Waals surface area contributed by atoms with E-state index in [2.05, 4.69) is 54.0 Å². The van der Waals surface area contributed by atoms with E-state index in [0.29, 0.717) is 130 Å². The lowest BCUT2D eigenvalue weighted by molar-refractivity contribution is 0.0435. The van der Waals surface area contributed by atoms with E-state index in [4.69, 9.17) is 37.9 Å². The zero-order valence-corrected chi connectivity index (χ0v) is 31.1. The Morgan fingerprint density at radius 1 is 0.635 bits per heavy atom. The van der Waals surface area contributed by atoms with Crippen LogP contribution in [0.25, 0.3) is 0 Å². The molecule has 0 aliphatic carbocycles. The molecule has 11 nitrogen and oxygen atoms in total. The van der Waals surface area contributed by atoms with E-state index in [9.17, 15) is 4.79 Å². The number of hydrogen-bond donors (Lipinski definition) is 0. The van der Waals surface area contributed by atoms with Crippen molar-refractivity contribution in [1.82, 2.24) is 0 Å². The summed E-state index contributed by atoms with van der Waals surface area (Å²) in [6.07, 6.45) is 2.25. The number of aldehydes is 1. The van der Waals surface area contributed by atoms with Crippen LogP contribution >= 0.6 is 0 Å². The fourth-order valence-corrected chi connectivity index (χ4v) is 6.44. The molecule has 11 heteroatoms. The molecule has 1 atom stereocenters. The maximum Gasteiger partial charge on any atom is 0.150 e. The van der Waals surface area contributed by atoms with Crippen LogP contribution in [-0.4, -0.2) is 119 Å². The molecule has 0 radical (unpaired) electrons. The molecule has 3 aromatic rings. The Balaban J connectivity index is 1.50. The first-order valence-corrected chi connectivity index (χ1v) is 18.5. The summed E-state index contributed by atoms with van der Waals surface area (Å²) in [6, 6.07) is 18.3. The van der Waals surface area contributed by atoms with E-state index in [-0.39, 0.29) is 5.92 Å². The van der Waals surface area contributed by atoms with E-state index >= 15 is 0 Å². The van der Waals surface area contributed by atoms with Crippen molar-refractivity contribution in [2.24, 2.45) is 0 Å². The number of carbonyl (C=O) groups is 1. The first-order chi connectivity index (χ1) is 25.6. The molecule has 0 amide bonds. The standard InChI is InChI=1S/C41H56N2O9/c1-32-5-9-39-38(28-32)43-14-20-48-25-23-46-18-12-42(13-19-47-24-26-49-21-15-43)37-8-4-33(2)29-41(37)51-17-11-35(10-16-50-39)36-7-6-34(31-44)30-40(36)52-27-22-45-3/h4-9,28-31,35H,10-27H2,1-3H3. The fourth-order valence-electron chi connectivity index (χ4n) is 6.44. The summed E-state index contributed by atoms with van der Waals surface area (Å²) in [6.45, 7) is 12.8. The van der Waals surface area contributed by atoms with Crippen LogP contribution in [0.4, 0.5) is 11.4 Å². The molecular formula is C41H56N2O9. The van der Waals surface area contributed by atoms with Gasteiger partial charge in [0, 0.05) is 38.9 Å². The second-order valence-corrected chi connectivity index (χ2v) is 13.1. The Hall–Kier alpha value is -3.87. The van der Waals surface area contributed by atoms with Gasteiger partial charge in [0.05, 0.1) is 84.1 Å². The Morgan fingerprint density at radius 2 is 1.21 bits per heavy atom. The van der Waals surface area contributed by atoms with E-state index in [0.717, 1.165) is 45.9 Å². The topological polar surface area (TPSA) is 97.4 Å². The Kier molecular flexibility index (Phi) is 16.3. The number of carbonyl (C=O) groups excluding carboxylic acids is 1. The van der Waals surface area contributed by atoms with Gasteiger partial charge in [-0.3, -0.25) is 4.79 Å². The van der Waals surface area contributed by atoms with Gasteiger partial charge in [-0.05, 0) is 79.6 Å². The zero-order valence-electron chi connectivity index (χ0n) is 31.1. The highest BCUT2D eigenvalue weighted by atomic mass is 16.5. The number of hydrogen-bond acceptors (Lipinski definition) is 11. The molecule has 3 aliphatic rings. The van der Waals surface area contributed by atoms with Gasteiger partial charge in [0.1, 0.15) is 30.1 Å². The van der Waals surface area contributed by atoms with Crippen LogP contribution < -0.4 is 24.0 Å². The van der Waals surface area contributed by atoms with E-state index in [1.165, 1.54) is 0 Å². The summed E-state index contributed by atoms with van der Waals surface area (Å²) in [5.74, 6) is 2.31. The summed E-state index contributed by atoms with van der Waals surface area (Å²) in [5.41, 5.74) is 5.82. The van der Waals surface area contributed by atoms with Crippen LogP contribution in [0, 0.1) is 13.8 Å². The van der Waals surface area contributed by atoms with Crippen molar-refractivity contribution in [2.45, 2.75) is 32.6 Å². The van der Waals surface area contributed by atoms with Crippen molar-refractivity contribution in [2.75, 3.05) is 122 Å². The van der Waals surface area contributed by atoms with Gasteiger partial charge in [-0.25, -0.2) is 0 Å². The molecule has 6 rings (SSSR count). The van der Waals surface area contributed by atoms with Crippen molar-refractivity contribution < 1.29 is 42.7 Å². The van der Waals surface area contributed by atoms with E-state index in [1.54, 1.807) is 7.11 Å². The number of ether oxygens (including phenoxy) is 8. The number of anilines is 2. The Labute approximate surface area is 309 Å². The third-order valence-electron chi connectivity index (χ3n) is 9.28. The lowest BCUT2D eigenvalue weighted by Crippen LogP contribution is -2.33. The number of rotatable bonds is 6. The second-order valence-electron chi connectivity index (χ2n) is 13.1. The monoisotopic (exact) mass is 720 g/mol. The molecule has 1 fully saturated rings.